The van der Waals surface area contributed by atoms with Crippen LogP contribution in [0.15, 0.2) is 27.9 Å². The summed E-state index contributed by atoms with van der Waals surface area (Å²) in [6.45, 7) is 1.45. The summed E-state index contributed by atoms with van der Waals surface area (Å²) in [5.74, 6) is 0.254. The van der Waals surface area contributed by atoms with E-state index in [0.29, 0.717) is 50.8 Å². The van der Waals surface area contributed by atoms with E-state index in [-0.39, 0.29) is 11.7 Å². The van der Waals surface area contributed by atoms with E-state index in [1.807, 2.05) is 4.90 Å². The number of halogens is 2. The van der Waals surface area contributed by atoms with Crippen molar-refractivity contribution in [3.63, 3.8) is 0 Å². The normalized spacial score (nSPS) is 16.4. The van der Waals surface area contributed by atoms with Crippen LogP contribution in [-0.4, -0.2) is 57.7 Å². The van der Waals surface area contributed by atoms with E-state index in [1.165, 1.54) is 28.5 Å². The van der Waals surface area contributed by atoms with Gasteiger partial charge in [0.2, 0.25) is 0 Å². The first kappa shape index (κ1) is 20.5. The summed E-state index contributed by atoms with van der Waals surface area (Å²) in [7, 11) is 0. The number of thioether (sulfide) groups is 1. The number of ether oxygens (including phenoxy) is 2. The molecule has 0 bridgehead atoms. The third-order valence-corrected chi connectivity index (χ3v) is 6.40. The van der Waals surface area contributed by atoms with Gasteiger partial charge in [-0.25, -0.2) is 9.78 Å². The zero-order valence-electron chi connectivity index (χ0n) is 13.8. The van der Waals surface area contributed by atoms with Crippen LogP contribution in [0.25, 0.3) is 0 Å². The average Bonchev–Trinajstić information content (AvgIpc) is 3.20. The van der Waals surface area contributed by atoms with E-state index in [2.05, 4.69) is 4.98 Å². The van der Waals surface area contributed by atoms with E-state index in [9.17, 15) is 4.79 Å². The zero-order valence-corrected chi connectivity index (χ0v) is 17.7. The number of carbonyl (C=O) groups is 1. The van der Waals surface area contributed by atoms with Gasteiger partial charge in [0.1, 0.15) is 25.0 Å². The minimum Gasteiger partial charge on any atom is -0.491 e. The van der Waals surface area contributed by atoms with Crippen molar-refractivity contribution >= 4 is 69.7 Å². The van der Waals surface area contributed by atoms with Crippen molar-refractivity contribution in [3.05, 3.63) is 39.3 Å². The van der Waals surface area contributed by atoms with Crippen LogP contribution in [0.1, 0.15) is 10.5 Å². The molecule has 3 rings (SSSR count). The van der Waals surface area contributed by atoms with Crippen molar-refractivity contribution in [1.29, 1.82) is 0 Å². The number of benzene rings is 1. The number of nitrogens with zero attached hydrogens (tertiary/aromatic N) is 2. The number of thiazole rings is 1. The molecule has 27 heavy (non-hydrogen) atoms. The summed E-state index contributed by atoms with van der Waals surface area (Å²) >= 11 is 20.0. The van der Waals surface area contributed by atoms with Crippen LogP contribution in [0, 0.1) is 0 Å². The van der Waals surface area contributed by atoms with Crippen molar-refractivity contribution in [2.24, 2.45) is 0 Å². The fraction of sp³-hybridized carbons (Fsp3) is 0.312. The van der Waals surface area contributed by atoms with Gasteiger partial charge in [0.05, 0.1) is 0 Å². The second-order valence-corrected chi connectivity index (χ2v) is 8.91. The molecule has 1 aromatic heterocycles. The molecule has 1 aliphatic rings. The van der Waals surface area contributed by atoms with Gasteiger partial charge in [-0.3, -0.25) is 0 Å². The van der Waals surface area contributed by atoms with E-state index < -0.39 is 5.97 Å². The maximum atomic E-state index is 10.9. The molecule has 1 unspecified atom stereocenters. The molecule has 1 aliphatic heterocycles. The Labute approximate surface area is 179 Å². The Balaban J connectivity index is 1.51. The second kappa shape index (κ2) is 9.29. The monoisotopic (exact) mass is 464 g/mol. The lowest BCUT2D eigenvalue weighted by Gasteiger charge is -2.22. The predicted molar refractivity (Wildman–Crippen MR) is 111 cm³/mol. The van der Waals surface area contributed by atoms with Gasteiger partial charge in [-0.2, -0.15) is 0 Å². The molecule has 0 radical (unpaired) electrons. The van der Waals surface area contributed by atoms with Gasteiger partial charge < -0.3 is 19.5 Å². The molecule has 0 aliphatic carbocycles. The minimum absolute atomic E-state index is 0.0262. The van der Waals surface area contributed by atoms with Crippen molar-refractivity contribution < 1.29 is 19.4 Å². The Kier molecular flexibility index (Phi) is 7.04. The maximum Gasteiger partial charge on any atom is 0.355 e. The SMILES string of the molecule is O=C(O)c1csc(SCCN2C(=S)OCC2COc2cc(Cl)cc(Cl)c2)n1. The molecule has 144 valence electrons. The molecule has 6 nitrogen and oxygen atoms in total. The van der Waals surface area contributed by atoms with E-state index in [1.54, 1.807) is 18.2 Å². The smallest absolute Gasteiger partial charge is 0.355 e. The highest BCUT2D eigenvalue weighted by Gasteiger charge is 2.30. The highest BCUT2D eigenvalue weighted by Crippen LogP contribution is 2.26. The molecule has 11 heteroatoms. The number of rotatable bonds is 8. The fourth-order valence-corrected chi connectivity index (χ4v) is 4.98. The van der Waals surface area contributed by atoms with Gasteiger partial charge >= 0.3 is 5.97 Å². The quantitative estimate of drug-likeness (QED) is 0.457. The average molecular weight is 465 g/mol. The topological polar surface area (TPSA) is 71.9 Å². The molecular formula is C16H14Cl2N2O4S3. The van der Waals surface area contributed by atoms with Crippen molar-refractivity contribution in [2.75, 3.05) is 25.5 Å². The van der Waals surface area contributed by atoms with Crippen LogP contribution in [0.3, 0.4) is 0 Å². The first-order valence-electron chi connectivity index (χ1n) is 7.76. The Morgan fingerprint density at radius 1 is 1.44 bits per heavy atom. The predicted octanol–water partition coefficient (Wildman–Crippen LogP) is 4.30. The number of hydrogen-bond donors (Lipinski definition) is 1. The maximum absolute atomic E-state index is 10.9. The van der Waals surface area contributed by atoms with Gasteiger partial charge in [0.25, 0.3) is 5.17 Å². The summed E-state index contributed by atoms with van der Waals surface area (Å²) in [6, 6.07) is 5.01. The highest BCUT2D eigenvalue weighted by molar-refractivity contribution is 8.01. The van der Waals surface area contributed by atoms with Crippen molar-refractivity contribution in [3.8, 4) is 5.75 Å². The molecule has 2 heterocycles. The van der Waals surface area contributed by atoms with E-state index in [0.717, 1.165) is 0 Å². The molecule has 0 saturated carbocycles. The summed E-state index contributed by atoms with van der Waals surface area (Å²) in [5.41, 5.74) is 0.0639. The van der Waals surface area contributed by atoms with Gasteiger partial charge in [0.15, 0.2) is 10.0 Å². The zero-order chi connectivity index (χ0) is 19.4. The Morgan fingerprint density at radius 2 is 2.19 bits per heavy atom. The molecule has 2 aromatic rings. The van der Waals surface area contributed by atoms with E-state index in [4.69, 9.17) is 50.0 Å². The number of hydrogen-bond acceptors (Lipinski definition) is 7. The Morgan fingerprint density at radius 3 is 2.85 bits per heavy atom. The summed E-state index contributed by atoms with van der Waals surface area (Å²) < 4.78 is 12.0. The standard InChI is InChI=1S/C16H14Cl2N2O4S3/c17-9-3-10(18)5-12(4-9)23-6-11-7-24-16(25)20(11)1-2-26-15-19-13(8-27-15)14(21)22/h3-5,8,11H,1-2,6-7H2,(H,21,22). The third-order valence-electron chi connectivity index (χ3n) is 3.61. The Bertz CT molecular complexity index is 829. The molecule has 1 atom stereocenters. The summed E-state index contributed by atoms with van der Waals surface area (Å²) in [5, 5.41) is 11.9. The summed E-state index contributed by atoms with van der Waals surface area (Å²) in [6.07, 6.45) is 0. The molecule has 1 aromatic carbocycles. The number of carboxylic acids is 1. The van der Waals surface area contributed by atoms with Gasteiger partial charge in [-0.05, 0) is 30.4 Å². The van der Waals surface area contributed by atoms with Crippen LogP contribution >= 0.6 is 58.5 Å². The lowest BCUT2D eigenvalue weighted by molar-refractivity contribution is 0.0691. The van der Waals surface area contributed by atoms with Gasteiger partial charge in [-0.1, -0.05) is 35.0 Å². The third kappa shape index (κ3) is 5.61. The Hall–Kier alpha value is -1.26. The van der Waals surface area contributed by atoms with Gasteiger partial charge in [-0.15, -0.1) is 11.3 Å². The first-order chi connectivity index (χ1) is 12.9. The molecule has 1 N–H and O–H groups in total. The molecule has 1 saturated heterocycles. The van der Waals surface area contributed by atoms with E-state index >= 15 is 0 Å². The number of aromatic carboxylic acids is 1. The van der Waals surface area contributed by atoms with Crippen molar-refractivity contribution in [2.45, 2.75) is 10.4 Å². The summed E-state index contributed by atoms with van der Waals surface area (Å²) in [4.78, 5) is 16.9. The van der Waals surface area contributed by atoms with Crippen LogP contribution < -0.4 is 4.74 Å². The number of carboxylic acid groups (broad SMARTS) is 1. The highest BCUT2D eigenvalue weighted by atomic mass is 35.5. The molecule has 1 fully saturated rings. The van der Waals surface area contributed by atoms with Crippen molar-refractivity contribution in [1.82, 2.24) is 9.88 Å². The van der Waals surface area contributed by atoms with Gasteiger partial charge in [0, 0.05) is 27.7 Å². The number of thiocarbonyl (C=S) groups is 1. The first-order valence-corrected chi connectivity index (χ1v) is 10.8. The molecular weight excluding hydrogens is 451 g/mol. The van der Waals surface area contributed by atoms with Crippen LogP contribution in [0.4, 0.5) is 0 Å². The largest absolute Gasteiger partial charge is 0.491 e. The lowest BCUT2D eigenvalue weighted by Crippen LogP contribution is -2.39. The van der Waals surface area contributed by atoms with Crippen LogP contribution in [0.5, 0.6) is 5.75 Å². The minimum atomic E-state index is -1.02. The lowest BCUT2D eigenvalue weighted by atomic mass is 10.3. The molecule has 0 spiro atoms. The number of aromatic nitrogens is 1. The molecule has 0 amide bonds. The fourth-order valence-electron chi connectivity index (χ4n) is 2.36. The van der Waals surface area contributed by atoms with Crippen LogP contribution in [-0.2, 0) is 4.74 Å². The van der Waals surface area contributed by atoms with Crippen LogP contribution in [0.2, 0.25) is 10.0 Å². The second-order valence-electron chi connectivity index (χ2n) is 5.49.